The van der Waals surface area contributed by atoms with Gasteiger partial charge in [0.2, 0.25) is 0 Å². The first kappa shape index (κ1) is 20.0. The van der Waals surface area contributed by atoms with Crippen LogP contribution in [0.25, 0.3) is 11.3 Å². The van der Waals surface area contributed by atoms with Gasteiger partial charge in [-0.1, -0.05) is 36.3 Å². The number of hydrogen-bond donors (Lipinski definition) is 0. The lowest BCUT2D eigenvalue weighted by Gasteiger charge is -2.34. The third-order valence-electron chi connectivity index (χ3n) is 5.43. The number of para-hydroxylation sites is 1. The van der Waals surface area contributed by atoms with E-state index >= 15 is 0 Å². The van der Waals surface area contributed by atoms with Gasteiger partial charge >= 0.3 is 0 Å². The summed E-state index contributed by atoms with van der Waals surface area (Å²) in [6.45, 7) is 8.19. The highest BCUT2D eigenvalue weighted by molar-refractivity contribution is 8.00. The molecule has 152 valence electrons. The van der Waals surface area contributed by atoms with Crippen LogP contribution in [0.3, 0.4) is 0 Å². The first-order valence-corrected chi connectivity index (χ1v) is 12.0. The lowest BCUT2D eigenvalue weighted by molar-refractivity contribution is 0.426. The number of nitrogens with zero attached hydrogens (tertiary/aromatic N) is 2. The van der Waals surface area contributed by atoms with E-state index in [0.29, 0.717) is 22.8 Å². The number of aromatic nitrogens is 1. The number of fused-ring (bicyclic) bond motifs is 1. The van der Waals surface area contributed by atoms with E-state index in [1.807, 2.05) is 57.2 Å². The van der Waals surface area contributed by atoms with Crippen LogP contribution >= 0.6 is 11.8 Å². The van der Waals surface area contributed by atoms with E-state index in [4.69, 9.17) is 4.52 Å². The first-order chi connectivity index (χ1) is 13.8. The molecule has 1 aliphatic rings. The minimum Gasteiger partial charge on any atom is -0.356 e. The molecular weight excluding hydrogens is 404 g/mol. The summed E-state index contributed by atoms with van der Waals surface area (Å²) < 4.78 is 34.6. The van der Waals surface area contributed by atoms with Crippen molar-refractivity contribution in [1.82, 2.24) is 5.16 Å². The first-order valence-electron chi connectivity index (χ1n) is 9.65. The van der Waals surface area contributed by atoms with Crippen LogP contribution in [0, 0.1) is 20.8 Å². The fraction of sp³-hybridized carbons (Fsp3) is 0.318. The zero-order valence-corrected chi connectivity index (χ0v) is 18.6. The second-order valence-electron chi connectivity index (χ2n) is 7.35. The Balaban J connectivity index is 1.84. The summed E-state index contributed by atoms with van der Waals surface area (Å²) in [6, 6.07) is 13.2. The molecule has 0 aliphatic carbocycles. The predicted molar refractivity (Wildman–Crippen MR) is 117 cm³/mol. The van der Waals surface area contributed by atoms with Gasteiger partial charge in [-0.05, 0) is 51.0 Å². The number of anilines is 1. The SMILES string of the molecule is CCC1CN(S(=O)(=O)c2cc(-c3onc(C)c3C)ccc2C)c2ccccc2S1. The number of aryl methyl sites for hydroxylation is 2. The smallest absolute Gasteiger partial charge is 0.264 e. The second-order valence-corrected chi connectivity index (χ2v) is 10.5. The van der Waals surface area contributed by atoms with Crippen molar-refractivity contribution >= 4 is 27.5 Å². The molecule has 0 spiro atoms. The maximum atomic E-state index is 13.8. The Morgan fingerprint density at radius 2 is 1.93 bits per heavy atom. The molecule has 0 radical (unpaired) electrons. The van der Waals surface area contributed by atoms with Gasteiger partial charge in [0.15, 0.2) is 5.76 Å². The molecule has 5 nitrogen and oxygen atoms in total. The highest BCUT2D eigenvalue weighted by Crippen LogP contribution is 2.42. The highest BCUT2D eigenvalue weighted by Gasteiger charge is 2.34. The van der Waals surface area contributed by atoms with E-state index in [0.717, 1.165) is 33.8 Å². The fourth-order valence-electron chi connectivity index (χ4n) is 3.53. The summed E-state index contributed by atoms with van der Waals surface area (Å²) in [5.41, 5.74) is 3.91. The topological polar surface area (TPSA) is 63.4 Å². The van der Waals surface area contributed by atoms with Gasteiger partial charge in [-0.15, -0.1) is 11.8 Å². The normalized spacial score (nSPS) is 16.7. The van der Waals surface area contributed by atoms with Gasteiger partial charge in [-0.25, -0.2) is 8.42 Å². The molecular formula is C22H24N2O3S2. The number of sulfonamides is 1. The van der Waals surface area contributed by atoms with E-state index in [1.54, 1.807) is 22.1 Å². The lowest BCUT2D eigenvalue weighted by Crippen LogP contribution is -2.39. The van der Waals surface area contributed by atoms with Crippen LogP contribution in [0.4, 0.5) is 5.69 Å². The molecule has 0 bridgehead atoms. The number of rotatable bonds is 4. The average Bonchev–Trinajstić information content (AvgIpc) is 3.06. The molecule has 1 aromatic heterocycles. The van der Waals surface area contributed by atoms with Crippen LogP contribution in [0.5, 0.6) is 0 Å². The van der Waals surface area contributed by atoms with Crippen molar-refractivity contribution in [3.8, 4) is 11.3 Å². The molecule has 0 N–H and O–H groups in total. The summed E-state index contributed by atoms with van der Waals surface area (Å²) in [4.78, 5) is 1.31. The standard InChI is InChI=1S/C22H24N2O3S2/c1-5-18-13-24(19-8-6-7-9-20(19)28-18)29(25,26)21-12-17(11-10-14(21)2)22-15(3)16(4)23-27-22/h6-12,18H,5,13H2,1-4H3. The van der Waals surface area contributed by atoms with E-state index in [9.17, 15) is 8.42 Å². The molecule has 3 aromatic rings. The van der Waals surface area contributed by atoms with Gasteiger partial charge in [0, 0.05) is 27.8 Å². The van der Waals surface area contributed by atoms with Crippen molar-refractivity contribution in [2.24, 2.45) is 0 Å². The summed E-state index contributed by atoms with van der Waals surface area (Å²) >= 11 is 1.75. The van der Waals surface area contributed by atoms with Crippen molar-refractivity contribution < 1.29 is 12.9 Å². The molecule has 7 heteroatoms. The van der Waals surface area contributed by atoms with Crippen LogP contribution in [-0.4, -0.2) is 25.4 Å². The van der Waals surface area contributed by atoms with Crippen molar-refractivity contribution in [3.63, 3.8) is 0 Å². The lowest BCUT2D eigenvalue weighted by atomic mass is 10.1. The molecule has 29 heavy (non-hydrogen) atoms. The van der Waals surface area contributed by atoms with Crippen LogP contribution in [0.1, 0.15) is 30.2 Å². The van der Waals surface area contributed by atoms with Gasteiger partial charge in [0.1, 0.15) is 0 Å². The Kier molecular flexibility index (Phi) is 5.21. The number of thioether (sulfide) groups is 1. The Labute approximate surface area is 176 Å². The zero-order chi connectivity index (χ0) is 20.8. The van der Waals surface area contributed by atoms with Gasteiger partial charge in [-0.3, -0.25) is 4.31 Å². The third-order valence-corrected chi connectivity index (χ3v) is 8.76. The molecule has 2 heterocycles. The van der Waals surface area contributed by atoms with Crippen molar-refractivity contribution in [1.29, 1.82) is 0 Å². The fourth-order valence-corrected chi connectivity index (χ4v) is 6.67. The average molecular weight is 429 g/mol. The van der Waals surface area contributed by atoms with Gasteiger partial charge < -0.3 is 4.52 Å². The van der Waals surface area contributed by atoms with Crippen LogP contribution in [0.15, 0.2) is 56.8 Å². The van der Waals surface area contributed by atoms with Crippen molar-refractivity contribution in [3.05, 3.63) is 59.3 Å². The maximum absolute atomic E-state index is 13.8. The Hall–Kier alpha value is -2.25. The Morgan fingerprint density at radius 1 is 1.17 bits per heavy atom. The minimum absolute atomic E-state index is 0.224. The second kappa shape index (κ2) is 7.54. The zero-order valence-electron chi connectivity index (χ0n) is 17.0. The maximum Gasteiger partial charge on any atom is 0.264 e. The molecule has 0 amide bonds. The Morgan fingerprint density at radius 3 is 2.62 bits per heavy atom. The third kappa shape index (κ3) is 3.46. The van der Waals surface area contributed by atoms with Gasteiger partial charge in [-0.2, -0.15) is 0 Å². The quantitative estimate of drug-likeness (QED) is 0.561. The molecule has 1 unspecified atom stereocenters. The summed E-state index contributed by atoms with van der Waals surface area (Å²) in [7, 11) is -3.73. The molecule has 0 saturated carbocycles. The van der Waals surface area contributed by atoms with Crippen LogP contribution < -0.4 is 4.31 Å². The molecule has 1 atom stereocenters. The summed E-state index contributed by atoms with van der Waals surface area (Å²) in [5.74, 6) is 0.611. The van der Waals surface area contributed by atoms with Gasteiger partial charge in [0.25, 0.3) is 10.0 Å². The van der Waals surface area contributed by atoms with E-state index in [1.165, 1.54) is 0 Å². The van der Waals surface area contributed by atoms with Crippen molar-refractivity contribution in [2.75, 3.05) is 10.8 Å². The minimum atomic E-state index is -3.73. The number of benzene rings is 2. The van der Waals surface area contributed by atoms with Crippen LogP contribution in [0.2, 0.25) is 0 Å². The van der Waals surface area contributed by atoms with E-state index in [2.05, 4.69) is 12.1 Å². The predicted octanol–water partition coefficient (Wildman–Crippen LogP) is 5.35. The van der Waals surface area contributed by atoms with E-state index < -0.39 is 10.0 Å². The monoisotopic (exact) mass is 428 g/mol. The largest absolute Gasteiger partial charge is 0.356 e. The molecule has 4 rings (SSSR count). The highest BCUT2D eigenvalue weighted by atomic mass is 32.2. The van der Waals surface area contributed by atoms with Gasteiger partial charge in [0.05, 0.1) is 16.3 Å². The summed E-state index contributed by atoms with van der Waals surface area (Å²) in [6.07, 6.45) is 0.903. The van der Waals surface area contributed by atoms with Crippen molar-refractivity contribution in [2.45, 2.75) is 49.2 Å². The molecule has 1 aliphatic heterocycles. The van der Waals surface area contributed by atoms with E-state index in [-0.39, 0.29) is 5.25 Å². The number of hydrogen-bond acceptors (Lipinski definition) is 5. The van der Waals surface area contributed by atoms with Crippen LogP contribution in [-0.2, 0) is 10.0 Å². The Bertz CT molecular complexity index is 1170. The molecule has 0 fully saturated rings. The molecule has 2 aromatic carbocycles. The summed E-state index contributed by atoms with van der Waals surface area (Å²) in [5, 5.41) is 4.23. The molecule has 0 saturated heterocycles.